The maximum atomic E-state index is 13.4. The normalized spacial score (nSPS) is 17.2. The Kier molecular flexibility index (Phi) is 22.4. The maximum Gasteiger partial charge on any atom is 0.228 e. The summed E-state index contributed by atoms with van der Waals surface area (Å²) in [7, 11) is 0. The molecule has 0 radical (unpaired) electrons. The van der Waals surface area contributed by atoms with Crippen molar-refractivity contribution in [2.45, 2.75) is 166 Å². The van der Waals surface area contributed by atoms with Gasteiger partial charge in [0.05, 0.1) is 22.3 Å². The summed E-state index contributed by atoms with van der Waals surface area (Å²) in [5.74, 6) is -9.42. The van der Waals surface area contributed by atoms with Crippen LogP contribution in [-0.2, 0) is 19.2 Å². The number of aliphatic hydroxyl groups is 4. The molecule has 0 saturated heterocycles. The van der Waals surface area contributed by atoms with Crippen molar-refractivity contribution in [2.75, 3.05) is 0 Å². The Labute approximate surface area is 372 Å². The third kappa shape index (κ3) is 16.9. The molecule has 0 aromatic rings. The quantitative estimate of drug-likeness (QED) is 0.0554. The minimum atomic E-state index is -1.50. The van der Waals surface area contributed by atoms with E-state index in [0.717, 1.165) is 75.4 Å². The lowest BCUT2D eigenvalue weighted by molar-refractivity contribution is -0.121. The molecule has 0 spiro atoms. The van der Waals surface area contributed by atoms with Crippen LogP contribution in [0.2, 0.25) is 0 Å². The van der Waals surface area contributed by atoms with Crippen LogP contribution in [0.1, 0.15) is 166 Å². The number of carbonyl (C=O) groups excluding carboxylic acids is 4. The predicted octanol–water partition coefficient (Wildman–Crippen LogP) is 14.2. The van der Waals surface area contributed by atoms with Crippen molar-refractivity contribution in [3.63, 3.8) is 0 Å². The number of Topliss-reactive ketones (excluding diaryl/α,β-unsaturated/α-hetero) is 4. The Morgan fingerprint density at radius 1 is 0.371 bits per heavy atom. The average Bonchev–Trinajstić information content (AvgIpc) is 3.19. The fourth-order valence-electron chi connectivity index (χ4n) is 7.34. The Bertz CT molecular complexity index is 1930. The van der Waals surface area contributed by atoms with E-state index in [4.69, 9.17) is 0 Å². The van der Waals surface area contributed by atoms with Crippen LogP contribution in [0.15, 0.2) is 139 Å². The molecule has 62 heavy (non-hydrogen) atoms. The highest BCUT2D eigenvalue weighted by molar-refractivity contribution is 6.27. The summed E-state index contributed by atoms with van der Waals surface area (Å²) in [5.41, 5.74) is 7.99. The number of rotatable bonds is 24. The lowest BCUT2D eigenvalue weighted by Crippen LogP contribution is -2.32. The maximum absolute atomic E-state index is 13.4. The molecular weight excluding hydrogens is 777 g/mol. The number of allylic oxidation sites excluding steroid dienone is 20. The monoisotopic (exact) mass is 851 g/mol. The lowest BCUT2D eigenvalue weighted by atomic mass is 9.77. The minimum Gasteiger partial charge on any atom is -0.504 e. The van der Waals surface area contributed by atoms with Gasteiger partial charge < -0.3 is 20.4 Å². The summed E-state index contributed by atoms with van der Waals surface area (Å²) >= 11 is 0. The van der Waals surface area contributed by atoms with Gasteiger partial charge in [-0.25, -0.2) is 0 Å². The third-order valence-electron chi connectivity index (χ3n) is 11.5. The van der Waals surface area contributed by atoms with Crippen LogP contribution in [-0.4, -0.2) is 43.6 Å². The van der Waals surface area contributed by atoms with Gasteiger partial charge in [0.1, 0.15) is 0 Å². The number of hydrogen-bond acceptors (Lipinski definition) is 8. The second-order valence-corrected chi connectivity index (χ2v) is 17.7. The third-order valence-corrected chi connectivity index (χ3v) is 11.5. The molecule has 2 aliphatic carbocycles. The molecular formula is C54H74O8. The fourth-order valence-corrected chi connectivity index (χ4v) is 7.34. The highest BCUT2D eigenvalue weighted by Crippen LogP contribution is 2.37. The van der Waals surface area contributed by atoms with E-state index in [0.29, 0.717) is 12.8 Å². The molecule has 0 saturated carbocycles. The molecule has 0 bridgehead atoms. The van der Waals surface area contributed by atoms with Crippen LogP contribution in [0, 0.1) is 5.92 Å². The molecule has 8 heteroatoms. The summed E-state index contributed by atoms with van der Waals surface area (Å²) in [4.78, 5) is 53.6. The van der Waals surface area contributed by atoms with Gasteiger partial charge in [0, 0.05) is 5.92 Å². The molecule has 0 aliphatic heterocycles. The van der Waals surface area contributed by atoms with Gasteiger partial charge in [0.25, 0.3) is 0 Å². The second kappa shape index (κ2) is 26.3. The van der Waals surface area contributed by atoms with Gasteiger partial charge in [0.2, 0.25) is 23.1 Å². The van der Waals surface area contributed by atoms with Crippen LogP contribution < -0.4 is 0 Å². The molecule has 2 aliphatic rings. The molecule has 0 fully saturated rings. The molecule has 0 aromatic heterocycles. The molecule has 4 N–H and O–H groups in total. The van der Waals surface area contributed by atoms with Gasteiger partial charge in [-0.2, -0.15) is 0 Å². The van der Waals surface area contributed by atoms with E-state index in [9.17, 15) is 39.6 Å². The van der Waals surface area contributed by atoms with E-state index in [1.54, 1.807) is 12.2 Å². The Morgan fingerprint density at radius 2 is 0.613 bits per heavy atom. The average molecular weight is 851 g/mol. The topological polar surface area (TPSA) is 149 Å². The van der Waals surface area contributed by atoms with Crippen molar-refractivity contribution in [2.24, 2.45) is 5.92 Å². The molecule has 0 heterocycles. The van der Waals surface area contributed by atoms with Crippen LogP contribution in [0.3, 0.4) is 0 Å². The first-order chi connectivity index (χ1) is 29.2. The number of ketones is 4. The minimum absolute atomic E-state index is 0.108. The summed E-state index contributed by atoms with van der Waals surface area (Å²) in [6.07, 6.45) is 27.8. The van der Waals surface area contributed by atoms with Crippen LogP contribution in [0.5, 0.6) is 0 Å². The highest BCUT2D eigenvalue weighted by Gasteiger charge is 2.43. The first-order valence-electron chi connectivity index (χ1n) is 22.3. The summed E-state index contributed by atoms with van der Waals surface area (Å²) in [6.45, 7) is 22.0. The summed E-state index contributed by atoms with van der Waals surface area (Å²) < 4.78 is 0. The van der Waals surface area contributed by atoms with Crippen molar-refractivity contribution < 1.29 is 39.6 Å². The lowest BCUT2D eigenvalue weighted by Gasteiger charge is -2.25. The van der Waals surface area contributed by atoms with Crippen LogP contribution in [0.4, 0.5) is 0 Å². The molecule has 8 nitrogen and oxygen atoms in total. The number of carbonyl (C=O) groups is 4. The van der Waals surface area contributed by atoms with E-state index >= 15 is 0 Å². The molecule has 0 unspecified atom stereocenters. The van der Waals surface area contributed by atoms with E-state index < -0.39 is 63.2 Å². The fraction of sp³-hybridized carbons (Fsp3) is 0.481. The zero-order valence-electron chi connectivity index (χ0n) is 39.5. The van der Waals surface area contributed by atoms with Gasteiger partial charge >= 0.3 is 0 Å². The van der Waals surface area contributed by atoms with Crippen molar-refractivity contribution in [1.29, 1.82) is 0 Å². The van der Waals surface area contributed by atoms with Gasteiger partial charge in [-0.15, -0.1) is 0 Å². The second-order valence-electron chi connectivity index (χ2n) is 17.7. The number of hydrogen-bond donors (Lipinski definition) is 4. The van der Waals surface area contributed by atoms with Gasteiger partial charge in [-0.05, 0) is 159 Å². The first-order valence-corrected chi connectivity index (χ1v) is 22.3. The van der Waals surface area contributed by atoms with Gasteiger partial charge in [0.15, 0.2) is 23.0 Å². The largest absolute Gasteiger partial charge is 0.504 e. The molecule has 0 aromatic carbocycles. The zero-order chi connectivity index (χ0) is 46.7. The standard InChI is InChI=1S/C54H74O8/c1-34(2)18-12-20-36(5)22-14-24-38(7)26-16-28-40(9)30-32-43-47(55)51(59)45(52(60)48(43)56)42(11)46-53(61)49(57)44(50(58)54(46)62)33-31-41(10)29-17-27-39(8)25-15-23-37(6)21-13-19-35(3)4/h18-19,22-23,26-27,30-31,42,55,57,60,62H,12-17,20-21,24-25,28-29,32-33H2,1-11H3/b36-22+,37-23+,38-26+,39-27+,40-30+,41-31+. The van der Waals surface area contributed by atoms with Crippen molar-refractivity contribution in [3.05, 3.63) is 139 Å². The zero-order valence-corrected chi connectivity index (χ0v) is 39.5. The molecule has 338 valence electrons. The van der Waals surface area contributed by atoms with E-state index in [1.807, 2.05) is 13.8 Å². The Morgan fingerprint density at radius 3 is 0.871 bits per heavy atom. The van der Waals surface area contributed by atoms with E-state index in [1.165, 1.54) is 40.4 Å². The number of aliphatic hydroxyl groups excluding tert-OH is 4. The SMILES string of the molecule is CC(C)=CCC/C(C)=C/CC/C(C)=C/CC/C(C)=C/CC1=C(O)C(=O)C(C(C)C2=C(O)C(=O)C(C/C=C(\C)CC/C=C(\C)CC/C=C(\C)CCC=C(C)C)=C(O)C2=O)=C(O)C1=O. The highest BCUT2D eigenvalue weighted by atomic mass is 16.3. The van der Waals surface area contributed by atoms with Gasteiger partial charge in [-0.1, -0.05) is 100 Å². The van der Waals surface area contributed by atoms with Crippen LogP contribution >= 0.6 is 0 Å². The Balaban J connectivity index is 2.04. The Hall–Kier alpha value is -5.24. The smallest absolute Gasteiger partial charge is 0.228 e. The molecule has 0 amide bonds. The van der Waals surface area contributed by atoms with E-state index in [-0.39, 0.29) is 24.0 Å². The van der Waals surface area contributed by atoms with E-state index in [2.05, 4.69) is 91.8 Å². The predicted molar refractivity (Wildman–Crippen MR) is 254 cm³/mol. The first kappa shape index (κ1) is 52.9. The van der Waals surface area contributed by atoms with Crippen molar-refractivity contribution in [3.8, 4) is 0 Å². The van der Waals surface area contributed by atoms with Crippen molar-refractivity contribution in [1.82, 2.24) is 0 Å². The summed E-state index contributed by atoms with van der Waals surface area (Å²) in [6, 6.07) is 0. The van der Waals surface area contributed by atoms with Gasteiger partial charge in [-0.3, -0.25) is 19.2 Å². The van der Waals surface area contributed by atoms with Crippen LogP contribution in [0.25, 0.3) is 0 Å². The molecule has 0 atom stereocenters. The van der Waals surface area contributed by atoms with Crippen molar-refractivity contribution >= 4 is 23.1 Å². The molecule has 2 rings (SSSR count). The summed E-state index contributed by atoms with van der Waals surface area (Å²) in [5, 5.41) is 43.8.